The lowest BCUT2D eigenvalue weighted by molar-refractivity contribution is -0.117. The number of primary amides is 1. The first-order chi connectivity index (χ1) is 15.1. The van der Waals surface area contributed by atoms with E-state index < -0.39 is 23.5 Å². The average molecular weight is 442 g/mol. The number of hydrogen-bond acceptors (Lipinski definition) is 6. The highest BCUT2D eigenvalue weighted by Gasteiger charge is 2.37. The molecule has 0 saturated heterocycles. The molecule has 10 heteroatoms. The van der Waals surface area contributed by atoms with E-state index in [4.69, 9.17) is 10.7 Å². The first-order valence-corrected chi connectivity index (χ1v) is 10.7. The number of aromatic amines is 1. The molecule has 4 rings (SSSR count). The average Bonchev–Trinajstić information content (AvgIpc) is 3.35. The smallest absolute Gasteiger partial charge is 0.276 e. The van der Waals surface area contributed by atoms with Crippen LogP contribution in [0, 0.1) is 19.8 Å². The largest absolute Gasteiger partial charge is 0.369 e. The maximum atomic E-state index is 14.4. The van der Waals surface area contributed by atoms with Gasteiger partial charge in [0.1, 0.15) is 17.2 Å². The highest BCUT2D eigenvalue weighted by molar-refractivity contribution is 5.93. The number of halogens is 1. The molecule has 0 unspecified atom stereocenters. The number of rotatable bonds is 6. The zero-order valence-electron chi connectivity index (χ0n) is 18.4. The second kappa shape index (κ2) is 8.33. The fourth-order valence-electron chi connectivity index (χ4n) is 4.43. The van der Waals surface area contributed by atoms with Crippen molar-refractivity contribution < 1.29 is 18.6 Å². The Bertz CT molecular complexity index is 1160. The number of hydrogen-bond donors (Lipinski definition) is 3. The fraction of sp³-hybridized carbons (Fsp3) is 0.500. The Morgan fingerprint density at radius 3 is 2.66 bits per heavy atom. The van der Waals surface area contributed by atoms with Gasteiger partial charge in [-0.2, -0.15) is 0 Å². The van der Waals surface area contributed by atoms with Crippen LogP contribution in [-0.4, -0.2) is 37.8 Å². The van der Waals surface area contributed by atoms with Crippen molar-refractivity contribution in [3.63, 3.8) is 0 Å². The van der Waals surface area contributed by atoms with Crippen LogP contribution < -0.4 is 11.1 Å². The number of aryl methyl sites for hydroxylation is 2. The topological polar surface area (TPSA) is 140 Å². The number of carbonyl (C=O) groups is 2. The lowest BCUT2D eigenvalue weighted by atomic mass is 9.77. The predicted molar refractivity (Wildman–Crippen MR) is 114 cm³/mol. The van der Waals surface area contributed by atoms with E-state index in [1.165, 1.54) is 0 Å². The molecular formula is C22H27FN6O3. The molecule has 2 heterocycles. The number of fused-ring (bicyclic) bond motifs is 1. The van der Waals surface area contributed by atoms with Crippen LogP contribution in [0.5, 0.6) is 0 Å². The van der Waals surface area contributed by atoms with Crippen LogP contribution in [0.4, 0.5) is 4.39 Å². The Hall–Kier alpha value is -3.30. The summed E-state index contributed by atoms with van der Waals surface area (Å²) in [6, 6.07) is 3.22. The number of nitrogens with one attached hydrogen (secondary N) is 2. The molecule has 0 aliphatic heterocycles. The highest BCUT2D eigenvalue weighted by Crippen LogP contribution is 2.40. The van der Waals surface area contributed by atoms with Crippen LogP contribution in [0.1, 0.15) is 71.8 Å². The molecule has 170 valence electrons. The molecule has 1 atom stereocenters. The molecule has 1 saturated carbocycles. The molecule has 0 bridgehead atoms. The second-order valence-electron chi connectivity index (χ2n) is 8.91. The molecule has 1 aliphatic rings. The summed E-state index contributed by atoms with van der Waals surface area (Å²) in [6.07, 6.45) is 2.17. The van der Waals surface area contributed by atoms with E-state index in [1.54, 1.807) is 13.8 Å². The molecule has 4 N–H and O–H groups in total. The van der Waals surface area contributed by atoms with Gasteiger partial charge in [0.2, 0.25) is 5.91 Å². The van der Waals surface area contributed by atoms with Gasteiger partial charge in [-0.3, -0.25) is 9.59 Å². The highest BCUT2D eigenvalue weighted by atomic mass is 19.1. The van der Waals surface area contributed by atoms with Crippen LogP contribution in [0.2, 0.25) is 0 Å². The number of alkyl halides is 1. The molecule has 1 aromatic carbocycles. The first-order valence-electron chi connectivity index (χ1n) is 10.7. The van der Waals surface area contributed by atoms with Crippen LogP contribution in [0.15, 0.2) is 16.8 Å². The summed E-state index contributed by atoms with van der Waals surface area (Å²) < 4.78 is 19.1. The second-order valence-corrected chi connectivity index (χ2v) is 8.91. The molecule has 1 aliphatic carbocycles. The number of carbonyl (C=O) groups excluding carboxylic acids is 2. The SMILES string of the molecule is Cc1nonc1C(=O)N[C@H](c1nc2c(C)c(CC(N)=O)ccc2[nH]1)C1CCC(C)(F)CC1. The lowest BCUT2D eigenvalue weighted by Gasteiger charge is -2.35. The molecule has 2 aromatic heterocycles. The van der Waals surface area contributed by atoms with Crippen LogP contribution in [-0.2, 0) is 11.2 Å². The molecule has 3 aromatic rings. The number of aromatic nitrogens is 4. The van der Waals surface area contributed by atoms with Crippen LogP contribution in [0.3, 0.4) is 0 Å². The molecule has 0 spiro atoms. The van der Waals surface area contributed by atoms with E-state index in [1.807, 2.05) is 19.1 Å². The monoisotopic (exact) mass is 442 g/mol. The first kappa shape index (κ1) is 21.9. The van der Waals surface area contributed by atoms with E-state index in [0.717, 1.165) is 16.6 Å². The number of imidazole rings is 1. The van der Waals surface area contributed by atoms with E-state index in [9.17, 15) is 14.0 Å². The van der Waals surface area contributed by atoms with Crippen LogP contribution in [0.25, 0.3) is 11.0 Å². The van der Waals surface area contributed by atoms with Gasteiger partial charge in [-0.05, 0) is 74.7 Å². The summed E-state index contributed by atoms with van der Waals surface area (Å²) in [4.78, 5) is 32.4. The number of amides is 2. The molecule has 2 amide bonds. The van der Waals surface area contributed by atoms with Gasteiger partial charge in [0.25, 0.3) is 5.91 Å². The van der Waals surface area contributed by atoms with E-state index >= 15 is 0 Å². The minimum atomic E-state index is -1.20. The summed E-state index contributed by atoms with van der Waals surface area (Å²) in [5.74, 6) is -0.265. The Labute approximate surface area is 184 Å². The number of nitrogens with zero attached hydrogens (tertiary/aromatic N) is 3. The maximum Gasteiger partial charge on any atom is 0.276 e. The Kier molecular flexibility index (Phi) is 5.70. The van der Waals surface area contributed by atoms with Gasteiger partial charge in [-0.25, -0.2) is 14.0 Å². The van der Waals surface area contributed by atoms with Crippen molar-refractivity contribution in [3.8, 4) is 0 Å². The summed E-state index contributed by atoms with van der Waals surface area (Å²) >= 11 is 0. The van der Waals surface area contributed by atoms with Gasteiger partial charge in [-0.15, -0.1) is 0 Å². The zero-order valence-corrected chi connectivity index (χ0v) is 18.4. The van der Waals surface area contributed by atoms with Crippen molar-refractivity contribution in [2.45, 2.75) is 64.6 Å². The molecular weight excluding hydrogens is 415 g/mol. The zero-order chi connectivity index (χ0) is 23.0. The molecule has 9 nitrogen and oxygen atoms in total. The number of nitrogens with two attached hydrogens (primary N) is 1. The number of benzene rings is 1. The van der Waals surface area contributed by atoms with Crippen molar-refractivity contribution in [3.05, 3.63) is 40.5 Å². The lowest BCUT2D eigenvalue weighted by Crippen LogP contribution is -2.38. The summed E-state index contributed by atoms with van der Waals surface area (Å²) in [6.45, 7) is 5.14. The number of H-pyrrole nitrogens is 1. The normalized spacial score (nSPS) is 22.1. The van der Waals surface area contributed by atoms with Gasteiger partial charge in [0.05, 0.1) is 23.5 Å². The summed E-state index contributed by atoms with van der Waals surface area (Å²) in [5.41, 5.74) is 7.81. The third kappa shape index (κ3) is 4.35. The molecule has 32 heavy (non-hydrogen) atoms. The molecule has 0 radical (unpaired) electrons. The summed E-state index contributed by atoms with van der Waals surface area (Å²) in [7, 11) is 0. The van der Waals surface area contributed by atoms with Gasteiger partial charge >= 0.3 is 0 Å². The van der Waals surface area contributed by atoms with Crippen LogP contribution >= 0.6 is 0 Å². The van der Waals surface area contributed by atoms with Gasteiger partial charge in [0.15, 0.2) is 5.69 Å². The van der Waals surface area contributed by atoms with E-state index in [2.05, 4.69) is 25.2 Å². The van der Waals surface area contributed by atoms with Crippen molar-refractivity contribution >= 4 is 22.8 Å². The minimum absolute atomic E-state index is 0.00565. The van der Waals surface area contributed by atoms with Crippen molar-refractivity contribution in [2.75, 3.05) is 0 Å². The van der Waals surface area contributed by atoms with E-state index in [0.29, 0.717) is 42.7 Å². The standard InChI is InChI=1S/C22H27FN6O3/c1-11-14(10-16(24)30)4-5-15-17(11)26-20(25-15)19(13-6-8-22(3,23)9-7-13)27-21(31)18-12(2)28-32-29-18/h4-5,13,19H,6-10H2,1-3H3,(H2,24,30)(H,25,26)(H,27,31)/t13?,19-,22?/m0/s1. The fourth-order valence-corrected chi connectivity index (χ4v) is 4.43. The van der Waals surface area contributed by atoms with Crippen molar-refractivity contribution in [1.82, 2.24) is 25.6 Å². The van der Waals surface area contributed by atoms with E-state index in [-0.39, 0.29) is 18.0 Å². The van der Waals surface area contributed by atoms with Gasteiger partial charge in [0, 0.05) is 0 Å². The third-order valence-electron chi connectivity index (χ3n) is 6.40. The Balaban J connectivity index is 1.69. The van der Waals surface area contributed by atoms with Gasteiger partial charge < -0.3 is 16.0 Å². The van der Waals surface area contributed by atoms with Crippen molar-refractivity contribution in [2.24, 2.45) is 11.7 Å². The van der Waals surface area contributed by atoms with Gasteiger partial charge in [-0.1, -0.05) is 11.2 Å². The quantitative estimate of drug-likeness (QED) is 0.536. The summed E-state index contributed by atoms with van der Waals surface area (Å²) in [5, 5.41) is 10.4. The molecule has 1 fully saturated rings. The Morgan fingerprint density at radius 2 is 2.03 bits per heavy atom. The Morgan fingerprint density at radius 1 is 1.31 bits per heavy atom. The maximum absolute atomic E-state index is 14.4. The van der Waals surface area contributed by atoms with Crippen molar-refractivity contribution in [1.29, 1.82) is 0 Å². The minimum Gasteiger partial charge on any atom is -0.369 e. The third-order valence-corrected chi connectivity index (χ3v) is 6.40. The predicted octanol–water partition coefficient (Wildman–Crippen LogP) is 2.98.